The molecule has 1 atom stereocenters. The van der Waals surface area contributed by atoms with E-state index in [2.05, 4.69) is 5.32 Å². The third-order valence-corrected chi connectivity index (χ3v) is 4.29. The van der Waals surface area contributed by atoms with Gasteiger partial charge in [0.1, 0.15) is 10.7 Å². The molecule has 2 rings (SSSR count). The predicted molar refractivity (Wildman–Crippen MR) is 73.6 cm³/mol. The summed E-state index contributed by atoms with van der Waals surface area (Å²) < 4.78 is 41.0. The summed E-state index contributed by atoms with van der Waals surface area (Å²) in [5.41, 5.74) is 0.0584. The Morgan fingerprint density at radius 2 is 2.24 bits per heavy atom. The van der Waals surface area contributed by atoms with Gasteiger partial charge in [-0.1, -0.05) is 0 Å². The molecule has 1 amide bonds. The second-order valence-corrected chi connectivity index (χ2v) is 6.49. The Bertz CT molecular complexity index is 627. The van der Waals surface area contributed by atoms with Crippen LogP contribution in [0.2, 0.25) is 0 Å². The van der Waals surface area contributed by atoms with Crippen molar-refractivity contribution in [1.29, 1.82) is 0 Å². The van der Waals surface area contributed by atoms with Gasteiger partial charge in [-0.2, -0.15) is 0 Å². The first kappa shape index (κ1) is 15.9. The third kappa shape index (κ3) is 4.23. The molecule has 0 saturated carbocycles. The molecule has 1 aliphatic rings. The van der Waals surface area contributed by atoms with Crippen LogP contribution in [0.15, 0.2) is 23.1 Å². The highest BCUT2D eigenvalue weighted by atomic mass is 32.2. The molecule has 0 aliphatic carbocycles. The number of nitrogens with one attached hydrogen (secondary N) is 1. The fraction of sp³-hybridized carbons (Fsp3) is 0.462. The second kappa shape index (κ2) is 6.50. The molecule has 0 aromatic heterocycles. The van der Waals surface area contributed by atoms with E-state index in [1.165, 1.54) is 6.07 Å². The molecule has 1 heterocycles. The third-order valence-electron chi connectivity index (χ3n) is 3.36. The number of rotatable bonds is 5. The molecule has 0 spiro atoms. The number of benzene rings is 1. The first-order chi connectivity index (χ1) is 9.88. The minimum Gasteiger partial charge on any atom is -0.381 e. The van der Waals surface area contributed by atoms with Crippen LogP contribution in [-0.4, -0.2) is 34.1 Å². The average Bonchev–Trinajstić information content (AvgIpc) is 2.91. The Morgan fingerprint density at radius 1 is 1.48 bits per heavy atom. The molecule has 1 unspecified atom stereocenters. The number of carbonyl (C=O) groups excluding carboxylic acids is 1. The van der Waals surface area contributed by atoms with Gasteiger partial charge in [-0.25, -0.2) is 17.9 Å². The van der Waals surface area contributed by atoms with Crippen molar-refractivity contribution >= 4 is 15.9 Å². The smallest absolute Gasteiger partial charge is 0.251 e. The number of sulfonamides is 1. The Labute approximate surface area is 122 Å². The van der Waals surface area contributed by atoms with E-state index in [-0.39, 0.29) is 5.56 Å². The van der Waals surface area contributed by atoms with Crippen LogP contribution in [0, 0.1) is 11.7 Å². The van der Waals surface area contributed by atoms with Gasteiger partial charge in [0.25, 0.3) is 5.91 Å². The van der Waals surface area contributed by atoms with Crippen molar-refractivity contribution in [2.75, 3.05) is 19.8 Å². The lowest BCUT2D eigenvalue weighted by molar-refractivity contribution is 0.0950. The van der Waals surface area contributed by atoms with Crippen LogP contribution in [0.25, 0.3) is 0 Å². The zero-order valence-corrected chi connectivity index (χ0v) is 12.2. The van der Waals surface area contributed by atoms with Crippen molar-refractivity contribution in [1.82, 2.24) is 5.32 Å². The van der Waals surface area contributed by atoms with Gasteiger partial charge >= 0.3 is 0 Å². The van der Waals surface area contributed by atoms with Gasteiger partial charge in [-0.15, -0.1) is 0 Å². The first-order valence-corrected chi connectivity index (χ1v) is 8.11. The summed E-state index contributed by atoms with van der Waals surface area (Å²) in [5.74, 6) is -1.01. The first-order valence-electron chi connectivity index (χ1n) is 6.56. The lowest BCUT2D eigenvalue weighted by atomic mass is 10.1. The predicted octanol–water partition coefficient (Wildman–Crippen LogP) is 0.630. The van der Waals surface area contributed by atoms with Crippen LogP contribution < -0.4 is 10.5 Å². The van der Waals surface area contributed by atoms with E-state index < -0.39 is 26.6 Å². The zero-order valence-electron chi connectivity index (χ0n) is 11.3. The van der Waals surface area contributed by atoms with Gasteiger partial charge in [0, 0.05) is 25.3 Å². The Balaban J connectivity index is 1.99. The van der Waals surface area contributed by atoms with Crippen molar-refractivity contribution in [3.05, 3.63) is 29.6 Å². The monoisotopic (exact) mass is 316 g/mol. The maximum Gasteiger partial charge on any atom is 0.251 e. The van der Waals surface area contributed by atoms with E-state index in [1.54, 1.807) is 0 Å². The number of ether oxygens (including phenoxy) is 1. The molecule has 21 heavy (non-hydrogen) atoms. The van der Waals surface area contributed by atoms with Crippen LogP contribution in [0.5, 0.6) is 0 Å². The highest BCUT2D eigenvalue weighted by molar-refractivity contribution is 7.89. The van der Waals surface area contributed by atoms with Crippen LogP contribution in [0.3, 0.4) is 0 Å². The summed E-state index contributed by atoms with van der Waals surface area (Å²) in [6.07, 6.45) is 1.76. The van der Waals surface area contributed by atoms with Gasteiger partial charge in [0.15, 0.2) is 0 Å². The lowest BCUT2D eigenvalue weighted by Gasteiger charge is -2.09. The van der Waals surface area contributed by atoms with Crippen molar-refractivity contribution in [3.63, 3.8) is 0 Å². The minimum atomic E-state index is -4.19. The standard InChI is InChI=1S/C13H17FN2O4S/c14-11-2-1-10(7-12(11)21(15,18)19)13(17)16-5-3-9-4-6-20-8-9/h1-2,7,9H,3-6,8H2,(H,16,17)(H2,15,18,19). The lowest BCUT2D eigenvalue weighted by Crippen LogP contribution is -2.26. The summed E-state index contributed by atoms with van der Waals surface area (Å²) in [5, 5.41) is 7.57. The van der Waals surface area contributed by atoms with E-state index >= 15 is 0 Å². The number of halogens is 1. The summed E-state index contributed by atoms with van der Waals surface area (Å²) in [6.45, 7) is 1.89. The summed E-state index contributed by atoms with van der Waals surface area (Å²) in [4.78, 5) is 11.2. The molecular formula is C13H17FN2O4S. The molecular weight excluding hydrogens is 299 g/mol. The maximum atomic E-state index is 13.4. The molecule has 1 aliphatic heterocycles. The summed E-state index contributed by atoms with van der Waals surface area (Å²) in [7, 11) is -4.19. The summed E-state index contributed by atoms with van der Waals surface area (Å²) >= 11 is 0. The normalized spacial score (nSPS) is 18.7. The van der Waals surface area contributed by atoms with Gasteiger partial charge in [0.05, 0.1) is 0 Å². The Kier molecular flexibility index (Phi) is 4.92. The van der Waals surface area contributed by atoms with Gasteiger partial charge in [-0.3, -0.25) is 4.79 Å². The number of nitrogens with two attached hydrogens (primary N) is 1. The van der Waals surface area contributed by atoms with Crippen molar-refractivity contribution < 1.29 is 22.3 Å². The van der Waals surface area contributed by atoms with E-state index in [0.717, 1.165) is 31.6 Å². The van der Waals surface area contributed by atoms with E-state index in [0.29, 0.717) is 19.1 Å². The van der Waals surface area contributed by atoms with E-state index in [4.69, 9.17) is 9.88 Å². The van der Waals surface area contributed by atoms with Crippen molar-refractivity contribution in [2.24, 2.45) is 11.1 Å². The van der Waals surface area contributed by atoms with Crippen LogP contribution in [-0.2, 0) is 14.8 Å². The Hall–Kier alpha value is -1.51. The van der Waals surface area contributed by atoms with E-state index in [1.807, 2.05) is 0 Å². The molecule has 0 bridgehead atoms. The molecule has 1 saturated heterocycles. The SMILES string of the molecule is NS(=O)(=O)c1cc(C(=O)NCCC2CCOC2)ccc1F. The van der Waals surface area contributed by atoms with Gasteiger partial charge in [0.2, 0.25) is 10.0 Å². The summed E-state index contributed by atoms with van der Waals surface area (Å²) in [6, 6.07) is 3.08. The molecule has 1 aromatic rings. The molecule has 1 aromatic carbocycles. The quantitative estimate of drug-likeness (QED) is 0.832. The molecule has 116 valence electrons. The average molecular weight is 316 g/mol. The van der Waals surface area contributed by atoms with Gasteiger partial charge < -0.3 is 10.1 Å². The van der Waals surface area contributed by atoms with Crippen LogP contribution in [0.4, 0.5) is 4.39 Å². The van der Waals surface area contributed by atoms with Crippen LogP contribution in [0.1, 0.15) is 23.2 Å². The topological polar surface area (TPSA) is 98.5 Å². The largest absolute Gasteiger partial charge is 0.381 e. The fourth-order valence-corrected chi connectivity index (χ4v) is 2.80. The fourth-order valence-electron chi connectivity index (χ4n) is 2.17. The van der Waals surface area contributed by atoms with Crippen molar-refractivity contribution in [2.45, 2.75) is 17.7 Å². The molecule has 8 heteroatoms. The maximum absolute atomic E-state index is 13.4. The van der Waals surface area contributed by atoms with Gasteiger partial charge in [-0.05, 0) is 37.0 Å². The molecule has 3 N–H and O–H groups in total. The number of carbonyl (C=O) groups is 1. The minimum absolute atomic E-state index is 0.0584. The number of primary sulfonamides is 1. The van der Waals surface area contributed by atoms with Crippen molar-refractivity contribution in [3.8, 4) is 0 Å². The number of amides is 1. The molecule has 1 fully saturated rings. The second-order valence-electron chi connectivity index (χ2n) is 4.96. The zero-order chi connectivity index (χ0) is 15.5. The number of hydrogen-bond donors (Lipinski definition) is 2. The highest BCUT2D eigenvalue weighted by Crippen LogP contribution is 2.16. The highest BCUT2D eigenvalue weighted by Gasteiger charge is 2.18. The number of hydrogen-bond acceptors (Lipinski definition) is 4. The molecule has 6 nitrogen and oxygen atoms in total. The molecule has 0 radical (unpaired) electrons. The Morgan fingerprint density at radius 3 is 2.86 bits per heavy atom. The van der Waals surface area contributed by atoms with E-state index in [9.17, 15) is 17.6 Å². The van der Waals surface area contributed by atoms with Crippen LogP contribution >= 0.6 is 0 Å².